The molecule has 100 valence electrons. The topological polar surface area (TPSA) is 29.3 Å². The van der Waals surface area contributed by atoms with Crippen molar-refractivity contribution in [3.63, 3.8) is 0 Å². The number of likely N-dealkylation sites (tertiary alicyclic amines) is 1. The molecule has 2 rings (SSSR count). The third-order valence-corrected chi connectivity index (χ3v) is 4.08. The Labute approximate surface area is 111 Å². The summed E-state index contributed by atoms with van der Waals surface area (Å²) in [5.74, 6) is 0. The molecule has 1 aromatic rings. The quantitative estimate of drug-likeness (QED) is 0.883. The maximum Gasteiger partial charge on any atom is 0.0499 e. The summed E-state index contributed by atoms with van der Waals surface area (Å²) in [6, 6.07) is 9.55. The normalized spacial score (nSPS) is 20.6. The minimum absolute atomic E-state index is 0.241. The van der Waals surface area contributed by atoms with Gasteiger partial charge in [0.15, 0.2) is 0 Å². The van der Waals surface area contributed by atoms with Gasteiger partial charge in [0.1, 0.15) is 0 Å². The molecule has 2 nitrogen and oxygen atoms in total. The van der Waals surface area contributed by atoms with Crippen LogP contribution in [0.15, 0.2) is 24.3 Å². The van der Waals surface area contributed by atoms with Crippen LogP contribution in [0, 0.1) is 6.92 Å². The second-order valence-corrected chi connectivity index (χ2v) is 5.52. The molecular formula is C16H26N2. The largest absolute Gasteiger partial charge is 0.326 e. The molecule has 1 aliphatic rings. The highest BCUT2D eigenvalue weighted by Crippen LogP contribution is 2.28. The highest BCUT2D eigenvalue weighted by molar-refractivity contribution is 5.25. The highest BCUT2D eigenvalue weighted by Gasteiger charge is 2.26. The van der Waals surface area contributed by atoms with Gasteiger partial charge in [0.2, 0.25) is 0 Å². The molecule has 0 spiro atoms. The van der Waals surface area contributed by atoms with E-state index in [9.17, 15) is 0 Å². The molecule has 0 saturated carbocycles. The fourth-order valence-corrected chi connectivity index (χ4v) is 2.91. The van der Waals surface area contributed by atoms with Crippen molar-refractivity contribution in [2.24, 2.45) is 5.73 Å². The average Bonchev–Trinajstić information content (AvgIpc) is 2.42. The molecule has 0 bridgehead atoms. The summed E-state index contributed by atoms with van der Waals surface area (Å²) in [5, 5.41) is 0. The highest BCUT2D eigenvalue weighted by atomic mass is 15.2. The van der Waals surface area contributed by atoms with Gasteiger partial charge in [-0.3, -0.25) is 4.90 Å². The van der Waals surface area contributed by atoms with E-state index >= 15 is 0 Å². The second-order valence-electron chi connectivity index (χ2n) is 5.52. The van der Waals surface area contributed by atoms with Crippen LogP contribution in [-0.4, -0.2) is 24.0 Å². The number of rotatable bonds is 4. The van der Waals surface area contributed by atoms with E-state index in [0.29, 0.717) is 6.04 Å². The number of benzene rings is 1. The van der Waals surface area contributed by atoms with Crippen LogP contribution in [0.5, 0.6) is 0 Å². The lowest BCUT2D eigenvalue weighted by Crippen LogP contribution is -2.43. The Morgan fingerprint density at radius 1 is 1.11 bits per heavy atom. The van der Waals surface area contributed by atoms with Crippen molar-refractivity contribution < 1.29 is 0 Å². The Kier molecular flexibility index (Phi) is 4.79. The molecule has 1 saturated heterocycles. The van der Waals surface area contributed by atoms with E-state index in [1.54, 1.807) is 0 Å². The zero-order chi connectivity index (χ0) is 13.0. The first-order valence-electron chi connectivity index (χ1n) is 7.28. The van der Waals surface area contributed by atoms with Gasteiger partial charge >= 0.3 is 0 Å². The van der Waals surface area contributed by atoms with E-state index in [-0.39, 0.29) is 6.04 Å². The minimum atomic E-state index is 0.241. The maximum absolute atomic E-state index is 6.38. The Balaban J connectivity index is 2.20. The lowest BCUT2D eigenvalue weighted by Gasteiger charge is -2.38. The Bertz CT molecular complexity index is 352. The van der Waals surface area contributed by atoms with Crippen molar-refractivity contribution in [3.8, 4) is 0 Å². The molecule has 0 amide bonds. The predicted octanol–water partition coefficient (Wildman–Crippen LogP) is 3.26. The van der Waals surface area contributed by atoms with Crippen LogP contribution in [0.25, 0.3) is 0 Å². The summed E-state index contributed by atoms with van der Waals surface area (Å²) >= 11 is 0. The third kappa shape index (κ3) is 3.12. The van der Waals surface area contributed by atoms with Crippen molar-refractivity contribution in [1.29, 1.82) is 0 Å². The summed E-state index contributed by atoms with van der Waals surface area (Å²) in [6.45, 7) is 6.73. The number of aryl methyl sites for hydroxylation is 1. The average molecular weight is 246 g/mol. The van der Waals surface area contributed by atoms with Gasteiger partial charge in [-0.2, -0.15) is 0 Å². The first-order valence-corrected chi connectivity index (χ1v) is 7.28. The van der Waals surface area contributed by atoms with Gasteiger partial charge in [-0.15, -0.1) is 0 Å². The van der Waals surface area contributed by atoms with Crippen LogP contribution in [0.1, 0.15) is 49.8 Å². The van der Waals surface area contributed by atoms with E-state index in [1.807, 2.05) is 0 Å². The van der Waals surface area contributed by atoms with Crippen LogP contribution in [0.2, 0.25) is 0 Å². The fraction of sp³-hybridized carbons (Fsp3) is 0.625. The monoisotopic (exact) mass is 246 g/mol. The summed E-state index contributed by atoms with van der Waals surface area (Å²) in [7, 11) is 0. The third-order valence-electron chi connectivity index (χ3n) is 4.08. The van der Waals surface area contributed by atoms with Gasteiger partial charge in [-0.1, -0.05) is 43.2 Å². The van der Waals surface area contributed by atoms with Crippen molar-refractivity contribution in [3.05, 3.63) is 35.4 Å². The predicted molar refractivity (Wildman–Crippen MR) is 77.6 cm³/mol. The van der Waals surface area contributed by atoms with Crippen molar-refractivity contribution in [2.45, 2.75) is 51.6 Å². The molecule has 2 atom stereocenters. The molecule has 18 heavy (non-hydrogen) atoms. The molecule has 2 N–H and O–H groups in total. The Morgan fingerprint density at radius 2 is 1.72 bits per heavy atom. The van der Waals surface area contributed by atoms with E-state index in [1.165, 1.54) is 43.5 Å². The standard InChI is InChI=1S/C16H26N2/c1-3-15(17)16(18-11-5-4-6-12-18)14-9-7-13(2)8-10-14/h7-10,15-16H,3-6,11-12,17H2,1-2H3. The van der Waals surface area contributed by atoms with Gasteiger partial charge in [0.25, 0.3) is 0 Å². The van der Waals surface area contributed by atoms with Crippen LogP contribution >= 0.6 is 0 Å². The smallest absolute Gasteiger partial charge is 0.0499 e. The molecular weight excluding hydrogens is 220 g/mol. The molecule has 1 fully saturated rings. The zero-order valence-electron chi connectivity index (χ0n) is 11.7. The van der Waals surface area contributed by atoms with Crippen molar-refractivity contribution in [2.75, 3.05) is 13.1 Å². The molecule has 0 aliphatic carbocycles. The molecule has 0 aromatic heterocycles. The first kappa shape index (κ1) is 13.6. The number of hydrogen-bond donors (Lipinski definition) is 1. The molecule has 0 radical (unpaired) electrons. The zero-order valence-corrected chi connectivity index (χ0v) is 11.7. The van der Waals surface area contributed by atoms with Crippen LogP contribution in [0.4, 0.5) is 0 Å². The van der Waals surface area contributed by atoms with Gasteiger partial charge in [0, 0.05) is 12.1 Å². The SMILES string of the molecule is CCC(N)C(c1ccc(C)cc1)N1CCCCC1. The Hall–Kier alpha value is -0.860. The Morgan fingerprint density at radius 3 is 2.28 bits per heavy atom. The molecule has 1 heterocycles. The number of nitrogens with zero attached hydrogens (tertiary/aromatic N) is 1. The summed E-state index contributed by atoms with van der Waals surface area (Å²) < 4.78 is 0. The van der Waals surface area contributed by atoms with Crippen molar-refractivity contribution in [1.82, 2.24) is 4.90 Å². The number of piperidine rings is 1. The second kappa shape index (κ2) is 6.35. The van der Waals surface area contributed by atoms with Gasteiger partial charge in [-0.05, 0) is 44.8 Å². The molecule has 1 aromatic carbocycles. The maximum atomic E-state index is 6.38. The first-order chi connectivity index (χ1) is 8.72. The van der Waals surface area contributed by atoms with E-state index in [0.717, 1.165) is 6.42 Å². The summed E-state index contributed by atoms with van der Waals surface area (Å²) in [5.41, 5.74) is 9.08. The molecule has 2 unspecified atom stereocenters. The van der Waals surface area contributed by atoms with Crippen LogP contribution in [0.3, 0.4) is 0 Å². The van der Waals surface area contributed by atoms with Gasteiger partial charge < -0.3 is 5.73 Å². The summed E-state index contributed by atoms with van der Waals surface area (Å²) in [4.78, 5) is 2.59. The van der Waals surface area contributed by atoms with Crippen molar-refractivity contribution >= 4 is 0 Å². The lowest BCUT2D eigenvalue weighted by molar-refractivity contribution is 0.140. The van der Waals surface area contributed by atoms with Gasteiger partial charge in [-0.25, -0.2) is 0 Å². The van der Waals surface area contributed by atoms with E-state index < -0.39 is 0 Å². The summed E-state index contributed by atoms with van der Waals surface area (Å²) in [6.07, 6.45) is 5.05. The molecule has 1 aliphatic heterocycles. The van der Waals surface area contributed by atoms with Crippen LogP contribution in [-0.2, 0) is 0 Å². The van der Waals surface area contributed by atoms with E-state index in [2.05, 4.69) is 43.0 Å². The fourth-order valence-electron chi connectivity index (χ4n) is 2.91. The lowest BCUT2D eigenvalue weighted by atomic mass is 9.94. The number of hydrogen-bond acceptors (Lipinski definition) is 2. The number of nitrogens with two attached hydrogens (primary N) is 1. The van der Waals surface area contributed by atoms with E-state index in [4.69, 9.17) is 5.73 Å². The molecule has 2 heteroatoms. The van der Waals surface area contributed by atoms with Gasteiger partial charge in [0.05, 0.1) is 0 Å². The van der Waals surface area contributed by atoms with Crippen LogP contribution < -0.4 is 5.73 Å². The minimum Gasteiger partial charge on any atom is -0.326 e.